The van der Waals surface area contributed by atoms with Crippen LogP contribution >= 0.6 is 0 Å². The second kappa shape index (κ2) is 6.70. The summed E-state index contributed by atoms with van der Waals surface area (Å²) in [4.78, 5) is 16.7. The molecule has 1 N–H and O–H groups in total. The van der Waals surface area contributed by atoms with Crippen molar-refractivity contribution in [1.29, 1.82) is 0 Å². The Labute approximate surface area is 134 Å². The topological polar surface area (TPSA) is 59.3 Å². The Balaban J connectivity index is 1.91. The molecule has 23 heavy (non-hydrogen) atoms. The van der Waals surface area contributed by atoms with E-state index in [0.29, 0.717) is 5.56 Å². The van der Waals surface area contributed by atoms with Gasteiger partial charge in [-0.3, -0.25) is 14.8 Å². The first-order valence-electron chi connectivity index (χ1n) is 7.22. The van der Waals surface area contributed by atoms with Gasteiger partial charge in [-0.05, 0) is 19.1 Å². The number of hydrogen-bond acceptors (Lipinski definition) is 4. The minimum Gasteiger partial charge on any atom is -0.286 e. The summed E-state index contributed by atoms with van der Waals surface area (Å²) in [5, 5.41) is 4.28. The van der Waals surface area contributed by atoms with E-state index in [1.54, 1.807) is 35.4 Å². The van der Waals surface area contributed by atoms with Crippen LogP contribution in [0.15, 0.2) is 78.4 Å². The Morgan fingerprint density at radius 3 is 2.48 bits per heavy atom. The van der Waals surface area contributed by atoms with Crippen LogP contribution in [0.3, 0.4) is 0 Å². The molecular formula is C18H16N4O. The molecule has 5 nitrogen and oxygen atoms in total. The Bertz CT molecular complexity index is 806. The number of aryl methyl sites for hydroxylation is 1. The normalized spacial score (nSPS) is 11.3. The second-order valence-electron chi connectivity index (χ2n) is 5.08. The van der Waals surface area contributed by atoms with Gasteiger partial charge in [0.15, 0.2) is 0 Å². The minimum atomic E-state index is -0.178. The van der Waals surface area contributed by atoms with E-state index in [2.05, 4.69) is 15.5 Å². The fourth-order valence-electron chi connectivity index (χ4n) is 2.07. The highest BCUT2D eigenvalue weighted by molar-refractivity contribution is 6.45. The van der Waals surface area contributed by atoms with Crippen molar-refractivity contribution < 1.29 is 4.79 Å². The molecule has 0 fully saturated rings. The molecule has 5 heteroatoms. The number of carbonyl (C=O) groups is 1. The third-order valence-electron chi connectivity index (χ3n) is 3.33. The van der Waals surface area contributed by atoms with Crippen molar-refractivity contribution in [2.75, 3.05) is 5.43 Å². The Kier molecular flexibility index (Phi) is 4.29. The number of imidazole rings is 1. The van der Waals surface area contributed by atoms with E-state index in [1.165, 1.54) is 0 Å². The van der Waals surface area contributed by atoms with E-state index in [9.17, 15) is 4.79 Å². The fourth-order valence-corrected chi connectivity index (χ4v) is 2.07. The van der Waals surface area contributed by atoms with Gasteiger partial charge in [-0.15, -0.1) is 0 Å². The molecule has 1 heterocycles. The number of anilines is 1. The predicted octanol–water partition coefficient (Wildman–Crippen LogP) is 3.35. The van der Waals surface area contributed by atoms with Crippen LogP contribution in [0.1, 0.15) is 15.9 Å². The maximum atomic E-state index is 12.7. The summed E-state index contributed by atoms with van der Waals surface area (Å²) >= 11 is 0. The van der Waals surface area contributed by atoms with Crippen molar-refractivity contribution in [1.82, 2.24) is 9.55 Å². The highest BCUT2D eigenvalue weighted by Crippen LogP contribution is 2.10. The quantitative estimate of drug-likeness (QED) is 0.348. The van der Waals surface area contributed by atoms with Gasteiger partial charge in [-0.2, -0.15) is 5.10 Å². The van der Waals surface area contributed by atoms with Crippen molar-refractivity contribution in [3.05, 3.63) is 84.4 Å². The molecule has 0 saturated carbocycles. The highest BCUT2D eigenvalue weighted by atomic mass is 16.1. The number of hydrogen-bond donors (Lipinski definition) is 1. The molecular weight excluding hydrogens is 288 g/mol. The molecule has 114 valence electrons. The van der Waals surface area contributed by atoms with Gasteiger partial charge in [-0.25, -0.2) is 4.98 Å². The third kappa shape index (κ3) is 3.52. The van der Waals surface area contributed by atoms with E-state index in [0.717, 1.165) is 11.3 Å². The van der Waals surface area contributed by atoms with Gasteiger partial charge in [0.1, 0.15) is 6.33 Å². The van der Waals surface area contributed by atoms with Gasteiger partial charge in [-0.1, -0.05) is 48.0 Å². The second-order valence-corrected chi connectivity index (χ2v) is 5.08. The van der Waals surface area contributed by atoms with Crippen LogP contribution in [0.4, 0.5) is 5.69 Å². The number of hydrazone groups is 1. The molecule has 0 bridgehead atoms. The van der Waals surface area contributed by atoms with Crippen LogP contribution < -0.4 is 5.43 Å². The molecule has 1 aromatic heterocycles. The molecule has 3 aromatic rings. The van der Waals surface area contributed by atoms with Gasteiger partial charge in [0.2, 0.25) is 11.6 Å². The average Bonchev–Trinajstić information content (AvgIpc) is 3.12. The molecule has 0 aliphatic carbocycles. The molecule has 0 aliphatic rings. The summed E-state index contributed by atoms with van der Waals surface area (Å²) in [6.07, 6.45) is 4.85. The summed E-state index contributed by atoms with van der Waals surface area (Å²) in [6, 6.07) is 16.8. The number of nitrogens with one attached hydrogen (secondary N) is 1. The van der Waals surface area contributed by atoms with Crippen LogP contribution in [-0.2, 0) is 0 Å². The van der Waals surface area contributed by atoms with Crippen molar-refractivity contribution in [3.63, 3.8) is 0 Å². The van der Waals surface area contributed by atoms with Crippen molar-refractivity contribution in [2.45, 2.75) is 6.92 Å². The van der Waals surface area contributed by atoms with Gasteiger partial charge in [0, 0.05) is 18.0 Å². The zero-order valence-corrected chi connectivity index (χ0v) is 12.7. The lowest BCUT2D eigenvalue weighted by molar-refractivity contribution is 0.106. The summed E-state index contributed by atoms with van der Waals surface area (Å²) in [5.74, 6) is 0.0810. The Morgan fingerprint density at radius 2 is 1.83 bits per heavy atom. The molecule has 0 saturated heterocycles. The number of carbonyl (C=O) groups excluding carboxylic acids is 1. The number of ketones is 1. The lowest BCUT2D eigenvalue weighted by Gasteiger charge is -2.08. The van der Waals surface area contributed by atoms with Crippen LogP contribution in [0.25, 0.3) is 0 Å². The van der Waals surface area contributed by atoms with Gasteiger partial charge in [0.05, 0.1) is 5.69 Å². The maximum Gasteiger partial charge on any atom is 0.230 e. The molecule has 0 spiro atoms. The average molecular weight is 304 g/mol. The van der Waals surface area contributed by atoms with Crippen molar-refractivity contribution in [3.8, 4) is 0 Å². The van der Waals surface area contributed by atoms with Gasteiger partial charge in [0.25, 0.3) is 0 Å². The van der Waals surface area contributed by atoms with Crippen molar-refractivity contribution in [2.24, 2.45) is 5.10 Å². The molecule has 2 aromatic carbocycles. The Morgan fingerprint density at radius 1 is 1.09 bits per heavy atom. The molecule has 3 rings (SSSR count). The van der Waals surface area contributed by atoms with E-state index in [1.807, 2.05) is 49.4 Å². The van der Waals surface area contributed by atoms with Crippen LogP contribution in [0.5, 0.6) is 0 Å². The summed E-state index contributed by atoms with van der Waals surface area (Å²) in [7, 11) is 0. The SMILES string of the molecule is Cc1ccc(N/N=C(/C(=O)c2ccccc2)n2ccnc2)cc1. The highest BCUT2D eigenvalue weighted by Gasteiger charge is 2.15. The molecule has 0 atom stereocenters. The lowest BCUT2D eigenvalue weighted by atomic mass is 10.1. The van der Waals surface area contributed by atoms with Crippen LogP contribution in [0.2, 0.25) is 0 Å². The largest absolute Gasteiger partial charge is 0.286 e. The van der Waals surface area contributed by atoms with Gasteiger partial charge >= 0.3 is 0 Å². The minimum absolute atomic E-state index is 0.178. The van der Waals surface area contributed by atoms with Crippen molar-refractivity contribution >= 4 is 17.3 Å². The number of Topliss-reactive ketones (excluding diaryl/α,β-unsaturated/α-hetero) is 1. The van der Waals surface area contributed by atoms with E-state index in [-0.39, 0.29) is 11.6 Å². The maximum absolute atomic E-state index is 12.7. The number of rotatable bonds is 4. The fraction of sp³-hybridized carbons (Fsp3) is 0.0556. The summed E-state index contributed by atoms with van der Waals surface area (Å²) in [6.45, 7) is 2.02. The summed E-state index contributed by atoms with van der Waals surface area (Å²) < 4.78 is 1.59. The smallest absolute Gasteiger partial charge is 0.230 e. The first-order valence-corrected chi connectivity index (χ1v) is 7.22. The third-order valence-corrected chi connectivity index (χ3v) is 3.33. The monoisotopic (exact) mass is 304 g/mol. The molecule has 0 unspecified atom stereocenters. The van der Waals surface area contributed by atoms with Crippen LogP contribution in [0, 0.1) is 6.92 Å². The molecule has 0 radical (unpaired) electrons. The van der Waals surface area contributed by atoms with E-state index < -0.39 is 0 Å². The van der Waals surface area contributed by atoms with Crippen LogP contribution in [-0.4, -0.2) is 21.2 Å². The first-order chi connectivity index (χ1) is 11.2. The van der Waals surface area contributed by atoms with E-state index in [4.69, 9.17) is 0 Å². The lowest BCUT2D eigenvalue weighted by Crippen LogP contribution is -2.23. The van der Waals surface area contributed by atoms with E-state index >= 15 is 0 Å². The molecule has 0 aliphatic heterocycles. The Hall–Kier alpha value is -3.21. The zero-order chi connectivity index (χ0) is 16.1. The number of benzene rings is 2. The summed E-state index contributed by atoms with van der Waals surface area (Å²) in [5.41, 5.74) is 5.48. The van der Waals surface area contributed by atoms with Gasteiger partial charge < -0.3 is 0 Å². The standard InChI is InChI=1S/C18H16N4O/c1-14-7-9-16(10-8-14)20-21-18(22-12-11-19-13-22)17(23)15-5-3-2-4-6-15/h2-13,20H,1H3/b21-18-. The number of aromatic nitrogens is 2. The molecule has 0 amide bonds. The number of nitrogens with zero attached hydrogens (tertiary/aromatic N) is 3. The predicted molar refractivity (Wildman–Crippen MR) is 90.6 cm³/mol. The zero-order valence-electron chi connectivity index (χ0n) is 12.7. The first kappa shape index (κ1) is 14.7.